The zero-order valence-electron chi connectivity index (χ0n) is 8.88. The molecule has 1 N–H and O–H groups in total. The molecule has 1 aromatic heterocycles. The Morgan fingerprint density at radius 1 is 1.46 bits per heavy atom. The van der Waals surface area contributed by atoms with Crippen LogP contribution in [0.25, 0.3) is 10.9 Å². The fourth-order valence-corrected chi connectivity index (χ4v) is 1.65. The number of aromatic amines is 1. The van der Waals surface area contributed by atoms with Crippen LogP contribution >= 0.6 is 0 Å². The van der Waals surface area contributed by atoms with Crippen LogP contribution in [0.15, 0.2) is 30.5 Å². The maximum atomic E-state index is 7.50. The molecule has 0 amide bonds. The van der Waals surface area contributed by atoms with E-state index in [9.17, 15) is 0 Å². The molecule has 68 valence electrons. The molecule has 1 unspecified atom stereocenters. The van der Waals surface area contributed by atoms with E-state index in [1.807, 2.05) is 12.3 Å². The van der Waals surface area contributed by atoms with Crippen molar-refractivity contribution < 1.29 is 1.37 Å². The number of hydrogen-bond acceptors (Lipinski definition) is 0. The second-order valence-corrected chi connectivity index (χ2v) is 3.39. The maximum absolute atomic E-state index is 7.50. The van der Waals surface area contributed by atoms with Crippen LogP contribution in [0.5, 0.6) is 0 Å². The number of fused-ring (bicyclic) bond motifs is 1. The quantitative estimate of drug-likeness (QED) is 0.714. The largest absolute Gasteiger partial charge is 0.361 e. The van der Waals surface area contributed by atoms with E-state index >= 15 is 0 Å². The maximum Gasteiger partial charge on any atom is 0.0456 e. The molecule has 13 heavy (non-hydrogen) atoms. The van der Waals surface area contributed by atoms with Gasteiger partial charge in [0.1, 0.15) is 0 Å². The summed E-state index contributed by atoms with van der Waals surface area (Å²) in [5.74, 6) is 0.367. The van der Waals surface area contributed by atoms with E-state index in [-0.39, 0.29) is 0 Å². The molecule has 1 heteroatoms. The van der Waals surface area contributed by atoms with Crippen LogP contribution in [0.3, 0.4) is 0 Å². The van der Waals surface area contributed by atoms with Crippen molar-refractivity contribution in [3.63, 3.8) is 0 Å². The summed E-state index contributed by atoms with van der Waals surface area (Å²) in [7, 11) is 0. The molecule has 0 saturated heterocycles. The van der Waals surface area contributed by atoms with Crippen LogP contribution in [0.4, 0.5) is 0 Å². The van der Waals surface area contributed by atoms with Crippen molar-refractivity contribution in [3.8, 4) is 0 Å². The van der Waals surface area contributed by atoms with Gasteiger partial charge in [0.15, 0.2) is 0 Å². The van der Waals surface area contributed by atoms with Crippen molar-refractivity contribution >= 4 is 10.9 Å². The highest BCUT2D eigenvalue weighted by atomic mass is 14.7. The normalized spacial score (nSPS) is 14.4. The lowest BCUT2D eigenvalue weighted by molar-refractivity contribution is 0.739. The van der Waals surface area contributed by atoms with Gasteiger partial charge in [0, 0.05) is 18.5 Å². The van der Waals surface area contributed by atoms with Crippen molar-refractivity contribution in [2.45, 2.75) is 26.2 Å². The summed E-state index contributed by atoms with van der Waals surface area (Å²) in [5.41, 5.74) is 2.47. The number of para-hydroxylation sites is 1. The predicted molar refractivity (Wildman–Crippen MR) is 57.0 cm³/mol. The first-order valence-electron chi connectivity index (χ1n) is 5.42. The fourth-order valence-electron chi connectivity index (χ4n) is 1.65. The first kappa shape index (κ1) is 7.19. The number of nitrogens with one attached hydrogen (secondary N) is 1. The minimum atomic E-state index is 0.367. The van der Waals surface area contributed by atoms with Gasteiger partial charge in [-0.25, -0.2) is 0 Å². The van der Waals surface area contributed by atoms with Crippen LogP contribution in [-0.4, -0.2) is 4.98 Å². The minimum absolute atomic E-state index is 0.367. The highest BCUT2D eigenvalue weighted by Crippen LogP contribution is 2.26. The molecule has 0 radical (unpaired) electrons. The summed E-state index contributed by atoms with van der Waals surface area (Å²) < 4.78 is 7.50. The molecule has 1 heterocycles. The third kappa shape index (κ3) is 1.35. The number of hydrogen-bond donors (Lipinski definition) is 1. The molecule has 0 bridgehead atoms. The Morgan fingerprint density at radius 2 is 2.31 bits per heavy atom. The monoisotopic (exact) mass is 174 g/mol. The van der Waals surface area contributed by atoms with Crippen LogP contribution in [0.2, 0.25) is 0 Å². The van der Waals surface area contributed by atoms with Crippen molar-refractivity contribution in [2.75, 3.05) is 0 Å². The number of benzene rings is 1. The first-order valence-corrected chi connectivity index (χ1v) is 4.72. The molecular weight excluding hydrogens is 158 g/mol. The third-order valence-electron chi connectivity index (χ3n) is 2.55. The SMILES string of the molecule is [2H]CC(CC)c1c[nH]c2ccccc12. The number of rotatable bonds is 2. The summed E-state index contributed by atoms with van der Waals surface area (Å²) in [6.45, 7) is 2.61. The average molecular weight is 174 g/mol. The van der Waals surface area contributed by atoms with Gasteiger partial charge in [-0.3, -0.25) is 0 Å². The van der Waals surface area contributed by atoms with E-state index in [0.717, 1.165) is 6.42 Å². The summed E-state index contributed by atoms with van der Waals surface area (Å²) in [4.78, 5) is 3.25. The Bertz CT molecular complexity index is 415. The highest BCUT2D eigenvalue weighted by Gasteiger charge is 2.07. The Hall–Kier alpha value is -1.24. The second-order valence-electron chi connectivity index (χ2n) is 3.39. The van der Waals surface area contributed by atoms with E-state index in [1.54, 1.807) is 0 Å². The lowest BCUT2D eigenvalue weighted by atomic mass is 9.98. The molecule has 0 aliphatic carbocycles. The van der Waals surface area contributed by atoms with Gasteiger partial charge in [-0.05, 0) is 24.0 Å². The zero-order chi connectivity index (χ0) is 9.97. The molecule has 0 aliphatic heterocycles. The van der Waals surface area contributed by atoms with Crippen molar-refractivity contribution in [1.29, 1.82) is 0 Å². The van der Waals surface area contributed by atoms with Crippen molar-refractivity contribution in [1.82, 2.24) is 4.98 Å². The van der Waals surface area contributed by atoms with E-state index in [0.29, 0.717) is 12.8 Å². The molecule has 0 aliphatic rings. The van der Waals surface area contributed by atoms with Gasteiger partial charge in [0.05, 0.1) is 0 Å². The molecule has 1 nitrogen and oxygen atoms in total. The summed E-state index contributed by atoms with van der Waals surface area (Å²) in [6, 6.07) is 8.29. The Morgan fingerprint density at radius 3 is 3.08 bits per heavy atom. The highest BCUT2D eigenvalue weighted by molar-refractivity contribution is 5.83. The molecule has 1 aromatic carbocycles. The van der Waals surface area contributed by atoms with Gasteiger partial charge in [-0.2, -0.15) is 0 Å². The topological polar surface area (TPSA) is 15.8 Å². The summed E-state index contributed by atoms with van der Waals surface area (Å²) >= 11 is 0. The Labute approximate surface area is 80.2 Å². The second kappa shape index (κ2) is 3.25. The van der Waals surface area contributed by atoms with E-state index in [2.05, 4.69) is 30.1 Å². The van der Waals surface area contributed by atoms with Gasteiger partial charge in [-0.15, -0.1) is 0 Å². The van der Waals surface area contributed by atoms with Gasteiger partial charge >= 0.3 is 0 Å². The van der Waals surface area contributed by atoms with Crippen LogP contribution in [0.1, 0.15) is 33.1 Å². The Kier molecular flexibility index (Phi) is 1.80. The number of H-pyrrole nitrogens is 1. The van der Waals surface area contributed by atoms with Crippen molar-refractivity contribution in [3.05, 3.63) is 36.0 Å². The zero-order valence-corrected chi connectivity index (χ0v) is 7.88. The van der Waals surface area contributed by atoms with Crippen LogP contribution < -0.4 is 0 Å². The van der Waals surface area contributed by atoms with E-state index in [4.69, 9.17) is 1.37 Å². The third-order valence-corrected chi connectivity index (χ3v) is 2.55. The van der Waals surface area contributed by atoms with E-state index < -0.39 is 0 Å². The standard InChI is InChI=1S/C12H15N/c1-3-9(2)11-8-13-12-7-5-4-6-10(11)12/h4-9,13H,3H2,1-2H3/i2D. The van der Waals surface area contributed by atoms with Crippen molar-refractivity contribution in [2.24, 2.45) is 0 Å². The van der Waals surface area contributed by atoms with Gasteiger partial charge in [0.2, 0.25) is 0 Å². The molecular formula is C12H15N. The van der Waals surface area contributed by atoms with Crippen LogP contribution in [0, 0.1) is 0 Å². The predicted octanol–water partition coefficient (Wildman–Crippen LogP) is 3.68. The van der Waals surface area contributed by atoms with E-state index in [1.165, 1.54) is 16.5 Å². The van der Waals surface area contributed by atoms with Crippen LogP contribution in [-0.2, 0) is 0 Å². The Balaban J connectivity index is 2.51. The molecule has 2 aromatic rings. The van der Waals surface area contributed by atoms with Gasteiger partial charge < -0.3 is 4.98 Å². The molecule has 0 saturated carbocycles. The smallest absolute Gasteiger partial charge is 0.0456 e. The fraction of sp³-hybridized carbons (Fsp3) is 0.333. The molecule has 2 rings (SSSR count). The average Bonchev–Trinajstić information content (AvgIpc) is 2.65. The molecule has 1 atom stereocenters. The summed E-state index contributed by atoms with van der Waals surface area (Å²) in [6.07, 6.45) is 3.08. The number of aromatic nitrogens is 1. The molecule has 0 spiro atoms. The van der Waals surface area contributed by atoms with Gasteiger partial charge in [-0.1, -0.05) is 32.0 Å². The lowest BCUT2D eigenvalue weighted by Crippen LogP contribution is -1.88. The molecule has 0 fully saturated rings. The summed E-state index contributed by atoms with van der Waals surface area (Å²) in [5, 5.41) is 1.27. The lowest BCUT2D eigenvalue weighted by Gasteiger charge is -2.05. The first-order chi connectivity index (χ1) is 6.86. The minimum Gasteiger partial charge on any atom is -0.361 e. The van der Waals surface area contributed by atoms with Gasteiger partial charge in [0.25, 0.3) is 0 Å².